The Hall–Kier alpha value is -4.79. The molecule has 1 N–H and O–H groups in total. The monoisotopic (exact) mass is 737 g/mol. The normalized spacial score (nSPS) is 11.7. The van der Waals surface area contributed by atoms with Crippen molar-refractivity contribution in [2.75, 3.05) is 0 Å². The van der Waals surface area contributed by atoms with Crippen molar-refractivity contribution in [3.05, 3.63) is 157 Å². The molecule has 7 rings (SSSR count). The molecule has 0 amide bonds. The van der Waals surface area contributed by atoms with Crippen molar-refractivity contribution in [3.63, 3.8) is 0 Å². The number of benzene rings is 5. The Morgan fingerprint density at radius 1 is 0.674 bits per heavy atom. The standard InChI is InChI=1S/C38H28N3O.Pt/c1-26(27-12-4-2-5-13-27)28-21-22-36(42)33(25-28)38-40-37-32(18-11-20-35(37)41(38)31-16-6-3-7-17-31)29-14-10-15-30(24-29)34-19-8-9-23-39-34;/h2-23,25-26,42H,1H3;/q-1;. The van der Waals surface area contributed by atoms with E-state index in [-0.39, 0.29) is 32.7 Å². The van der Waals surface area contributed by atoms with Crippen molar-refractivity contribution in [2.45, 2.75) is 12.8 Å². The van der Waals surface area contributed by atoms with Gasteiger partial charge in [-0.15, -0.1) is 29.8 Å². The van der Waals surface area contributed by atoms with Gasteiger partial charge in [-0.05, 0) is 47.5 Å². The smallest absolute Gasteiger partial charge is 0.148 e. The second kappa shape index (κ2) is 12.2. The predicted molar refractivity (Wildman–Crippen MR) is 170 cm³/mol. The molecule has 0 saturated heterocycles. The van der Waals surface area contributed by atoms with Crippen LogP contribution in [0.5, 0.6) is 5.75 Å². The maximum absolute atomic E-state index is 11.2. The number of aromatic nitrogens is 3. The van der Waals surface area contributed by atoms with E-state index in [1.165, 1.54) is 5.56 Å². The molecule has 0 aliphatic rings. The van der Waals surface area contributed by atoms with Crippen molar-refractivity contribution in [1.82, 2.24) is 14.5 Å². The first kappa shape index (κ1) is 28.3. The molecule has 5 heteroatoms. The van der Waals surface area contributed by atoms with Gasteiger partial charge in [0.1, 0.15) is 11.6 Å². The van der Waals surface area contributed by atoms with Crippen LogP contribution in [0, 0.1) is 6.07 Å². The first-order chi connectivity index (χ1) is 20.7. The molecule has 0 bridgehead atoms. The fraction of sp³-hybridized carbons (Fsp3) is 0.0526. The molecular weight excluding hydrogens is 710 g/mol. The summed E-state index contributed by atoms with van der Waals surface area (Å²) in [7, 11) is 0. The fourth-order valence-electron chi connectivity index (χ4n) is 5.57. The van der Waals surface area contributed by atoms with Crippen molar-refractivity contribution in [1.29, 1.82) is 0 Å². The Labute approximate surface area is 265 Å². The number of nitrogens with zero attached hydrogens (tertiary/aromatic N) is 3. The minimum atomic E-state index is 0. The maximum Gasteiger partial charge on any atom is 0.148 e. The summed E-state index contributed by atoms with van der Waals surface area (Å²) in [6.45, 7) is 2.19. The number of imidazole rings is 1. The number of aromatic hydroxyl groups is 1. The van der Waals surface area contributed by atoms with E-state index in [1.54, 1.807) is 12.3 Å². The molecule has 4 nitrogen and oxygen atoms in total. The summed E-state index contributed by atoms with van der Waals surface area (Å²) in [6.07, 6.45) is 1.80. The van der Waals surface area contributed by atoms with Crippen LogP contribution in [0.4, 0.5) is 0 Å². The van der Waals surface area contributed by atoms with Gasteiger partial charge in [0, 0.05) is 44.6 Å². The number of para-hydroxylation sites is 2. The summed E-state index contributed by atoms with van der Waals surface area (Å²) in [5.74, 6) is 1.03. The summed E-state index contributed by atoms with van der Waals surface area (Å²) in [4.78, 5) is 9.76. The van der Waals surface area contributed by atoms with Crippen LogP contribution < -0.4 is 0 Å². The molecular formula is C38H28N3OPt-. The van der Waals surface area contributed by atoms with Gasteiger partial charge in [-0.2, -0.15) is 0 Å². The molecule has 0 fully saturated rings. The zero-order chi connectivity index (χ0) is 28.5. The van der Waals surface area contributed by atoms with Gasteiger partial charge in [0.25, 0.3) is 0 Å². The average Bonchev–Trinajstić information content (AvgIpc) is 3.45. The molecule has 43 heavy (non-hydrogen) atoms. The molecule has 0 spiro atoms. The molecule has 1 atom stereocenters. The fourth-order valence-corrected chi connectivity index (χ4v) is 5.57. The summed E-state index contributed by atoms with van der Waals surface area (Å²) < 4.78 is 2.13. The third-order valence-corrected chi connectivity index (χ3v) is 7.79. The Balaban J connectivity index is 0.00000329. The summed E-state index contributed by atoms with van der Waals surface area (Å²) >= 11 is 0. The predicted octanol–water partition coefficient (Wildman–Crippen LogP) is 9.08. The number of rotatable bonds is 6. The van der Waals surface area contributed by atoms with Crippen LogP contribution >= 0.6 is 0 Å². The van der Waals surface area contributed by atoms with Crippen molar-refractivity contribution < 1.29 is 26.2 Å². The van der Waals surface area contributed by atoms with Crippen LogP contribution in [0.2, 0.25) is 0 Å². The molecule has 0 radical (unpaired) electrons. The van der Waals surface area contributed by atoms with E-state index in [4.69, 9.17) is 4.98 Å². The second-order valence-corrected chi connectivity index (χ2v) is 10.4. The second-order valence-electron chi connectivity index (χ2n) is 10.4. The largest absolute Gasteiger partial charge is 0.507 e. The van der Waals surface area contributed by atoms with Gasteiger partial charge in [0.15, 0.2) is 0 Å². The van der Waals surface area contributed by atoms with Crippen LogP contribution in [-0.4, -0.2) is 19.6 Å². The quantitative estimate of drug-likeness (QED) is 0.173. The number of hydrogen-bond donors (Lipinski definition) is 1. The molecule has 212 valence electrons. The van der Waals surface area contributed by atoms with Gasteiger partial charge in [0.2, 0.25) is 0 Å². The topological polar surface area (TPSA) is 50.9 Å². The minimum absolute atomic E-state index is 0. The zero-order valence-electron chi connectivity index (χ0n) is 23.5. The number of phenols is 1. The van der Waals surface area contributed by atoms with E-state index >= 15 is 0 Å². The SMILES string of the molecule is CC(c1ccccc1)c1ccc(O)c(-c2nc3c(-c4[c-]c(-c5ccccn5)ccc4)cccc3n2-c2ccccc2)c1.[Pt]. The van der Waals surface area contributed by atoms with Crippen LogP contribution in [0.3, 0.4) is 0 Å². The Morgan fingerprint density at radius 3 is 2.16 bits per heavy atom. The van der Waals surface area contributed by atoms with Gasteiger partial charge in [-0.3, -0.25) is 9.55 Å². The Morgan fingerprint density at radius 2 is 1.40 bits per heavy atom. The van der Waals surface area contributed by atoms with E-state index in [9.17, 15) is 5.11 Å². The van der Waals surface area contributed by atoms with Crippen LogP contribution in [0.1, 0.15) is 24.0 Å². The van der Waals surface area contributed by atoms with Gasteiger partial charge in [-0.1, -0.05) is 96.9 Å². The van der Waals surface area contributed by atoms with Crippen molar-refractivity contribution >= 4 is 11.0 Å². The minimum Gasteiger partial charge on any atom is -0.507 e. The molecule has 2 aromatic heterocycles. The van der Waals surface area contributed by atoms with E-state index in [0.29, 0.717) is 11.4 Å². The van der Waals surface area contributed by atoms with Crippen molar-refractivity contribution in [3.8, 4) is 45.2 Å². The van der Waals surface area contributed by atoms with Crippen LogP contribution in [0.25, 0.3) is 50.5 Å². The third kappa shape index (κ3) is 5.42. The van der Waals surface area contributed by atoms with Gasteiger partial charge < -0.3 is 5.11 Å². The van der Waals surface area contributed by atoms with Gasteiger partial charge in [-0.25, -0.2) is 4.98 Å². The number of fused-ring (bicyclic) bond motifs is 1. The van der Waals surface area contributed by atoms with E-state index in [2.05, 4.69) is 89.3 Å². The molecule has 7 aromatic rings. The Bertz CT molecular complexity index is 2000. The third-order valence-electron chi connectivity index (χ3n) is 7.79. The van der Waals surface area contributed by atoms with E-state index in [1.807, 2.05) is 60.7 Å². The van der Waals surface area contributed by atoms with Crippen LogP contribution in [0.15, 0.2) is 140 Å². The average molecular weight is 738 g/mol. The summed E-state index contributed by atoms with van der Waals surface area (Å²) in [5.41, 5.74) is 9.47. The Kier molecular flexibility index (Phi) is 8.05. The summed E-state index contributed by atoms with van der Waals surface area (Å²) in [5, 5.41) is 11.2. The summed E-state index contributed by atoms with van der Waals surface area (Å²) in [6, 6.07) is 48.2. The molecule has 1 unspecified atom stereocenters. The maximum atomic E-state index is 11.2. The van der Waals surface area contributed by atoms with Gasteiger partial charge >= 0.3 is 0 Å². The van der Waals surface area contributed by atoms with E-state index < -0.39 is 0 Å². The van der Waals surface area contributed by atoms with Crippen molar-refractivity contribution in [2.24, 2.45) is 0 Å². The number of hydrogen-bond acceptors (Lipinski definition) is 3. The number of phenolic OH excluding ortho intramolecular Hbond substituents is 1. The molecule has 0 aliphatic heterocycles. The molecule has 5 aromatic carbocycles. The molecule has 0 saturated carbocycles. The van der Waals surface area contributed by atoms with Crippen LogP contribution in [-0.2, 0) is 21.1 Å². The number of pyridine rings is 1. The first-order valence-electron chi connectivity index (χ1n) is 14.1. The molecule has 2 heterocycles. The van der Waals surface area contributed by atoms with E-state index in [0.717, 1.165) is 44.7 Å². The first-order valence-corrected chi connectivity index (χ1v) is 14.1. The zero-order valence-corrected chi connectivity index (χ0v) is 25.7. The van der Waals surface area contributed by atoms with Gasteiger partial charge in [0.05, 0.1) is 16.6 Å². The molecule has 0 aliphatic carbocycles.